The lowest BCUT2D eigenvalue weighted by atomic mass is 9.55. The quantitative estimate of drug-likeness (QED) is 0.812. The van der Waals surface area contributed by atoms with E-state index in [1.807, 2.05) is 0 Å². The van der Waals surface area contributed by atoms with Crippen molar-refractivity contribution in [2.75, 3.05) is 13.2 Å². The molecule has 0 spiro atoms. The summed E-state index contributed by atoms with van der Waals surface area (Å²) in [6.45, 7) is 2.70. The maximum atomic E-state index is 10.5. The molecule has 0 amide bonds. The van der Waals surface area contributed by atoms with Crippen LogP contribution in [0.2, 0.25) is 0 Å². The number of ether oxygens (including phenoxy) is 1. The third-order valence-electron chi connectivity index (χ3n) is 7.11. The molecule has 0 heterocycles. The fourth-order valence-corrected chi connectivity index (χ4v) is 6.52. The van der Waals surface area contributed by atoms with Gasteiger partial charge in [-0.1, -0.05) is 13.0 Å². The summed E-state index contributed by atoms with van der Waals surface area (Å²) < 4.78 is 6.73. The lowest BCUT2D eigenvalue weighted by Gasteiger charge is -2.50. The van der Waals surface area contributed by atoms with E-state index >= 15 is 0 Å². The number of benzene rings is 1. The summed E-state index contributed by atoms with van der Waals surface area (Å²) in [4.78, 5) is 0. The van der Waals surface area contributed by atoms with Gasteiger partial charge in [-0.2, -0.15) is 0 Å². The van der Waals surface area contributed by atoms with E-state index in [0.29, 0.717) is 24.4 Å². The van der Waals surface area contributed by atoms with Crippen LogP contribution < -0.4 is 4.74 Å². The number of hydrogen-bond acceptors (Lipinski definition) is 3. The van der Waals surface area contributed by atoms with E-state index in [-0.39, 0.29) is 18.1 Å². The molecule has 4 heteroatoms. The molecule has 3 aliphatic carbocycles. The molecule has 0 aromatic heterocycles. The highest BCUT2D eigenvalue weighted by atomic mass is 79.9. The van der Waals surface area contributed by atoms with E-state index in [4.69, 9.17) is 9.84 Å². The second-order valence-corrected chi connectivity index (χ2v) is 8.86. The third-order valence-corrected chi connectivity index (χ3v) is 7.98. The Hall–Kier alpha value is -0.580. The van der Waals surface area contributed by atoms with Gasteiger partial charge >= 0.3 is 0 Å². The summed E-state index contributed by atoms with van der Waals surface area (Å²) in [6, 6.07) is 4.30. The van der Waals surface area contributed by atoms with Crippen molar-refractivity contribution in [2.45, 2.75) is 57.5 Å². The number of hydrogen-bond donors (Lipinski definition) is 2. The molecule has 2 saturated carbocycles. The van der Waals surface area contributed by atoms with Gasteiger partial charge in [-0.15, -0.1) is 0 Å². The van der Waals surface area contributed by atoms with Crippen molar-refractivity contribution < 1.29 is 14.9 Å². The fraction of sp³-hybridized carbons (Fsp3) is 0.700. The Kier molecular flexibility index (Phi) is 4.42. The molecule has 0 bridgehead atoms. The molecule has 0 radical (unpaired) electrons. The van der Waals surface area contributed by atoms with Gasteiger partial charge in [0, 0.05) is 0 Å². The normalized spacial score (nSPS) is 37.5. The number of rotatable bonds is 3. The van der Waals surface area contributed by atoms with Crippen LogP contribution >= 0.6 is 15.9 Å². The molecule has 3 aliphatic rings. The van der Waals surface area contributed by atoms with Gasteiger partial charge in [0.15, 0.2) is 0 Å². The molecule has 0 unspecified atom stereocenters. The smallest absolute Gasteiger partial charge is 0.133 e. The highest BCUT2D eigenvalue weighted by Crippen LogP contribution is 2.61. The molecule has 1 aromatic carbocycles. The van der Waals surface area contributed by atoms with E-state index in [1.165, 1.54) is 30.4 Å². The van der Waals surface area contributed by atoms with E-state index in [0.717, 1.165) is 29.5 Å². The van der Waals surface area contributed by atoms with Crippen LogP contribution in [-0.2, 0) is 6.42 Å². The zero-order chi connectivity index (χ0) is 16.9. The first kappa shape index (κ1) is 16.9. The van der Waals surface area contributed by atoms with Gasteiger partial charge < -0.3 is 14.9 Å². The zero-order valence-electron chi connectivity index (χ0n) is 14.3. The second kappa shape index (κ2) is 6.30. The lowest BCUT2D eigenvalue weighted by molar-refractivity contribution is -0.0226. The molecular formula is C20H27BrO3. The van der Waals surface area contributed by atoms with Gasteiger partial charge in [0.25, 0.3) is 0 Å². The van der Waals surface area contributed by atoms with Crippen molar-refractivity contribution in [3.05, 3.63) is 27.7 Å². The number of fused-ring (bicyclic) bond motifs is 5. The predicted octanol–water partition coefficient (Wildman–Crippen LogP) is 4.04. The van der Waals surface area contributed by atoms with Gasteiger partial charge in [-0.3, -0.25) is 0 Å². The van der Waals surface area contributed by atoms with Crippen LogP contribution in [0.3, 0.4) is 0 Å². The Bertz CT molecular complexity index is 632. The van der Waals surface area contributed by atoms with Crippen molar-refractivity contribution >= 4 is 15.9 Å². The summed E-state index contributed by atoms with van der Waals surface area (Å²) in [5.74, 6) is 2.85. The molecule has 0 saturated heterocycles. The van der Waals surface area contributed by atoms with Crippen molar-refractivity contribution in [3.8, 4) is 5.75 Å². The van der Waals surface area contributed by atoms with Gasteiger partial charge in [-0.05, 0) is 94.8 Å². The molecule has 2 N–H and O–H groups in total. The van der Waals surface area contributed by atoms with E-state index in [2.05, 4.69) is 35.0 Å². The molecule has 24 heavy (non-hydrogen) atoms. The molecule has 5 atom stereocenters. The minimum Gasteiger partial charge on any atom is -0.490 e. The maximum absolute atomic E-state index is 10.5. The predicted molar refractivity (Wildman–Crippen MR) is 97.3 cm³/mol. The van der Waals surface area contributed by atoms with Gasteiger partial charge in [0.1, 0.15) is 12.4 Å². The third kappa shape index (κ3) is 2.45. The summed E-state index contributed by atoms with van der Waals surface area (Å²) in [6.07, 6.45) is 6.68. The standard InChI is InChI=1S/C20H27BrO3/c1-20-9-8-13-12-4-6-17(24-11-10-22)19(21)15(12)3-2-14(13)16(20)5-7-18(20)23/h4,6,13-14,16,18,22-23H,2-3,5,7-11H2,1H3/t13-,14-,16+,18+,20+/m1/s1. The van der Waals surface area contributed by atoms with Crippen LogP contribution in [0.1, 0.15) is 56.1 Å². The first-order valence-corrected chi connectivity index (χ1v) is 10.1. The van der Waals surface area contributed by atoms with Crippen LogP contribution in [0, 0.1) is 17.3 Å². The Balaban J connectivity index is 1.65. The number of aliphatic hydroxyl groups excluding tert-OH is 2. The summed E-state index contributed by atoms with van der Waals surface area (Å²) >= 11 is 3.74. The second-order valence-electron chi connectivity index (χ2n) is 8.07. The number of halogens is 1. The average molecular weight is 395 g/mol. The van der Waals surface area contributed by atoms with E-state index in [9.17, 15) is 5.11 Å². The van der Waals surface area contributed by atoms with Crippen molar-refractivity contribution in [3.63, 3.8) is 0 Å². The Morgan fingerprint density at radius 1 is 1.25 bits per heavy atom. The van der Waals surface area contributed by atoms with Crippen molar-refractivity contribution in [1.82, 2.24) is 0 Å². The number of aliphatic hydroxyl groups is 2. The van der Waals surface area contributed by atoms with Crippen molar-refractivity contribution in [1.29, 1.82) is 0 Å². The first-order chi connectivity index (χ1) is 11.6. The maximum Gasteiger partial charge on any atom is 0.133 e. The average Bonchev–Trinajstić information content (AvgIpc) is 2.89. The largest absolute Gasteiger partial charge is 0.490 e. The Morgan fingerprint density at radius 3 is 2.88 bits per heavy atom. The van der Waals surface area contributed by atoms with Gasteiger partial charge in [0.05, 0.1) is 17.2 Å². The van der Waals surface area contributed by atoms with Gasteiger partial charge in [0.2, 0.25) is 0 Å². The topological polar surface area (TPSA) is 49.7 Å². The summed E-state index contributed by atoms with van der Waals surface area (Å²) in [5, 5.41) is 19.5. The van der Waals surface area contributed by atoms with Gasteiger partial charge in [-0.25, -0.2) is 0 Å². The summed E-state index contributed by atoms with van der Waals surface area (Å²) in [7, 11) is 0. The van der Waals surface area contributed by atoms with E-state index in [1.54, 1.807) is 0 Å². The fourth-order valence-electron chi connectivity index (χ4n) is 5.84. The van der Waals surface area contributed by atoms with Crippen LogP contribution in [0.25, 0.3) is 0 Å². The minimum absolute atomic E-state index is 0.0385. The SMILES string of the molecule is C[C@]12CC[C@@H]3c4ccc(OCCO)c(Br)c4CC[C@H]3[C@@H]1CC[C@@H]2O. The Morgan fingerprint density at radius 2 is 2.08 bits per heavy atom. The highest BCUT2D eigenvalue weighted by molar-refractivity contribution is 9.10. The molecule has 3 nitrogen and oxygen atoms in total. The molecule has 0 aliphatic heterocycles. The Labute approximate surface area is 152 Å². The monoisotopic (exact) mass is 394 g/mol. The minimum atomic E-state index is -0.106. The molecule has 2 fully saturated rings. The van der Waals surface area contributed by atoms with Crippen LogP contribution in [0.15, 0.2) is 16.6 Å². The highest BCUT2D eigenvalue weighted by Gasteiger charge is 2.54. The van der Waals surface area contributed by atoms with Crippen LogP contribution in [-0.4, -0.2) is 29.5 Å². The van der Waals surface area contributed by atoms with E-state index < -0.39 is 0 Å². The first-order valence-electron chi connectivity index (χ1n) is 9.29. The lowest BCUT2D eigenvalue weighted by Crippen LogP contribution is -2.44. The molecule has 132 valence electrons. The summed E-state index contributed by atoms with van der Waals surface area (Å²) in [5.41, 5.74) is 3.02. The zero-order valence-corrected chi connectivity index (χ0v) is 15.9. The van der Waals surface area contributed by atoms with Crippen LogP contribution in [0.5, 0.6) is 5.75 Å². The molecule has 1 aromatic rings. The van der Waals surface area contributed by atoms with Crippen LogP contribution in [0.4, 0.5) is 0 Å². The molecule has 4 rings (SSSR count). The molecular weight excluding hydrogens is 368 g/mol. The van der Waals surface area contributed by atoms with Crippen molar-refractivity contribution in [2.24, 2.45) is 17.3 Å².